The summed E-state index contributed by atoms with van der Waals surface area (Å²) in [6.45, 7) is 0.454. The van der Waals surface area contributed by atoms with E-state index in [2.05, 4.69) is 10.6 Å². The second kappa shape index (κ2) is 6.08. The molecule has 0 aliphatic carbocycles. The lowest BCUT2D eigenvalue weighted by atomic mass is 10.2. The van der Waals surface area contributed by atoms with Gasteiger partial charge in [0.1, 0.15) is 6.04 Å². The van der Waals surface area contributed by atoms with Gasteiger partial charge in [-0.3, -0.25) is 4.79 Å². The number of rotatable bonds is 3. The molecule has 8 heteroatoms. The van der Waals surface area contributed by atoms with Gasteiger partial charge in [-0.15, -0.1) is 0 Å². The maximum atomic E-state index is 12.0. The zero-order valence-electron chi connectivity index (χ0n) is 10.5. The number of nitrogens with zero attached hydrogens (tertiary/aromatic N) is 1. The Morgan fingerprint density at radius 1 is 1.40 bits per heavy atom. The van der Waals surface area contributed by atoms with E-state index in [1.807, 2.05) is 0 Å². The van der Waals surface area contributed by atoms with Crippen LogP contribution in [0.25, 0.3) is 0 Å². The lowest BCUT2D eigenvalue weighted by Crippen LogP contribution is -2.43. The van der Waals surface area contributed by atoms with Crippen LogP contribution in [0.15, 0.2) is 12.1 Å². The van der Waals surface area contributed by atoms with Gasteiger partial charge in [-0.1, -0.05) is 34.8 Å². The number of hydrogen-bond acceptors (Lipinski definition) is 2. The van der Waals surface area contributed by atoms with E-state index in [0.717, 1.165) is 0 Å². The Morgan fingerprint density at radius 3 is 2.50 bits per heavy atom. The number of urea groups is 1. The predicted molar refractivity (Wildman–Crippen MR) is 78.3 cm³/mol. The van der Waals surface area contributed by atoms with Crippen molar-refractivity contribution < 1.29 is 9.59 Å². The van der Waals surface area contributed by atoms with Gasteiger partial charge < -0.3 is 15.5 Å². The second-order valence-electron chi connectivity index (χ2n) is 4.38. The van der Waals surface area contributed by atoms with Gasteiger partial charge in [0.15, 0.2) is 0 Å². The van der Waals surface area contributed by atoms with E-state index in [9.17, 15) is 9.59 Å². The van der Waals surface area contributed by atoms with Gasteiger partial charge in [0, 0.05) is 40.8 Å². The van der Waals surface area contributed by atoms with Crippen molar-refractivity contribution in [2.75, 3.05) is 13.6 Å². The number of nitrogens with one attached hydrogen (secondary N) is 2. The van der Waals surface area contributed by atoms with Crippen LogP contribution >= 0.6 is 34.8 Å². The molecule has 0 bridgehead atoms. The number of halogens is 3. The van der Waals surface area contributed by atoms with Gasteiger partial charge in [0.05, 0.1) is 0 Å². The fourth-order valence-corrected chi connectivity index (χ4v) is 2.84. The molecule has 1 heterocycles. The van der Waals surface area contributed by atoms with Crippen LogP contribution < -0.4 is 10.6 Å². The second-order valence-corrected chi connectivity index (χ2v) is 5.63. The molecular weight excluding hydrogens is 325 g/mol. The molecule has 2 N–H and O–H groups in total. The average molecular weight is 337 g/mol. The molecular formula is C12H12Cl3N3O2. The molecule has 0 aromatic heterocycles. The summed E-state index contributed by atoms with van der Waals surface area (Å²) in [5, 5.41) is 6.50. The minimum absolute atomic E-state index is 0.173. The summed E-state index contributed by atoms with van der Waals surface area (Å²) in [6.07, 6.45) is 0. The monoisotopic (exact) mass is 335 g/mol. The van der Waals surface area contributed by atoms with E-state index in [1.165, 1.54) is 4.90 Å². The van der Waals surface area contributed by atoms with Gasteiger partial charge in [0.25, 0.3) is 0 Å². The summed E-state index contributed by atoms with van der Waals surface area (Å²) in [6, 6.07) is 2.31. The molecule has 0 saturated carbocycles. The van der Waals surface area contributed by atoms with E-state index in [0.29, 0.717) is 20.6 Å². The lowest BCUT2D eigenvalue weighted by molar-refractivity contribution is -0.124. The third-order valence-corrected chi connectivity index (χ3v) is 3.98. The fourth-order valence-electron chi connectivity index (χ4n) is 1.89. The minimum atomic E-state index is -0.535. The Balaban J connectivity index is 2.03. The molecule has 1 atom stereocenters. The number of carbonyl (C=O) groups excluding carboxylic acids is 2. The molecule has 1 aromatic carbocycles. The normalized spacial score (nSPS) is 18.1. The van der Waals surface area contributed by atoms with E-state index in [-0.39, 0.29) is 25.0 Å². The minimum Gasteiger partial charge on any atom is -0.350 e. The molecule has 1 aliphatic heterocycles. The molecule has 3 amide bonds. The quantitative estimate of drug-likeness (QED) is 0.889. The lowest BCUT2D eigenvalue weighted by Gasteiger charge is -2.18. The molecule has 5 nitrogen and oxygen atoms in total. The zero-order valence-corrected chi connectivity index (χ0v) is 12.8. The fraction of sp³-hybridized carbons (Fsp3) is 0.333. The number of carbonyl (C=O) groups is 2. The molecule has 1 aliphatic rings. The van der Waals surface area contributed by atoms with Crippen LogP contribution in [0, 0.1) is 0 Å². The van der Waals surface area contributed by atoms with E-state index < -0.39 is 6.04 Å². The Labute approximate surface area is 131 Å². The molecule has 0 radical (unpaired) electrons. The SMILES string of the molecule is CN1C(=O)NCC1C(=O)NCc1c(Cl)cc(Cl)cc1Cl. The predicted octanol–water partition coefficient (Wildman–Crippen LogP) is 2.29. The molecule has 1 fully saturated rings. The molecule has 108 valence electrons. The Hall–Kier alpha value is -1.17. The van der Waals surface area contributed by atoms with Crippen molar-refractivity contribution in [3.63, 3.8) is 0 Å². The van der Waals surface area contributed by atoms with Gasteiger partial charge in [0.2, 0.25) is 5.91 Å². The first-order chi connectivity index (χ1) is 9.40. The van der Waals surface area contributed by atoms with Crippen molar-refractivity contribution in [2.24, 2.45) is 0 Å². The summed E-state index contributed by atoms with van der Waals surface area (Å²) >= 11 is 17.9. The van der Waals surface area contributed by atoms with Crippen molar-refractivity contribution in [3.05, 3.63) is 32.8 Å². The Bertz CT molecular complexity index is 542. The van der Waals surface area contributed by atoms with Gasteiger partial charge in [-0.25, -0.2) is 4.79 Å². The smallest absolute Gasteiger partial charge is 0.317 e. The summed E-state index contributed by atoms with van der Waals surface area (Å²) < 4.78 is 0. The van der Waals surface area contributed by atoms with E-state index in [1.54, 1.807) is 19.2 Å². The molecule has 20 heavy (non-hydrogen) atoms. The maximum absolute atomic E-state index is 12.0. The molecule has 2 rings (SSSR count). The highest BCUT2D eigenvalue weighted by atomic mass is 35.5. The van der Waals surface area contributed by atoms with E-state index >= 15 is 0 Å². The van der Waals surface area contributed by atoms with Gasteiger partial charge in [-0.2, -0.15) is 0 Å². The highest BCUT2D eigenvalue weighted by Gasteiger charge is 2.32. The molecule has 0 spiro atoms. The summed E-state index contributed by atoms with van der Waals surface area (Å²) in [7, 11) is 1.56. The topological polar surface area (TPSA) is 61.4 Å². The third-order valence-electron chi connectivity index (χ3n) is 3.08. The average Bonchev–Trinajstić information content (AvgIpc) is 2.68. The molecule has 1 aromatic rings. The van der Waals surface area contributed by atoms with Crippen LogP contribution in [-0.4, -0.2) is 36.5 Å². The highest BCUT2D eigenvalue weighted by molar-refractivity contribution is 6.39. The van der Waals surface area contributed by atoms with E-state index in [4.69, 9.17) is 34.8 Å². The highest BCUT2D eigenvalue weighted by Crippen LogP contribution is 2.28. The van der Waals surface area contributed by atoms with Crippen LogP contribution in [0.4, 0.5) is 4.79 Å². The number of likely N-dealkylation sites (N-methyl/N-ethyl adjacent to an activating group) is 1. The van der Waals surface area contributed by atoms with Crippen molar-refractivity contribution in [1.82, 2.24) is 15.5 Å². The Kier molecular flexibility index (Phi) is 4.62. The first-order valence-corrected chi connectivity index (χ1v) is 6.95. The van der Waals surface area contributed by atoms with Gasteiger partial charge in [-0.05, 0) is 12.1 Å². The van der Waals surface area contributed by atoms with Crippen LogP contribution in [0.3, 0.4) is 0 Å². The summed E-state index contributed by atoms with van der Waals surface area (Å²) in [4.78, 5) is 24.6. The first kappa shape index (κ1) is 15.2. The van der Waals surface area contributed by atoms with Crippen LogP contribution in [0.5, 0.6) is 0 Å². The van der Waals surface area contributed by atoms with Crippen molar-refractivity contribution in [3.8, 4) is 0 Å². The summed E-state index contributed by atoms with van der Waals surface area (Å²) in [5.74, 6) is -0.270. The Morgan fingerprint density at radius 2 is 2.00 bits per heavy atom. The van der Waals surface area contributed by atoms with Crippen molar-refractivity contribution in [2.45, 2.75) is 12.6 Å². The molecule has 1 saturated heterocycles. The number of hydrogen-bond donors (Lipinski definition) is 2. The maximum Gasteiger partial charge on any atom is 0.317 e. The van der Waals surface area contributed by atoms with Crippen molar-refractivity contribution in [1.29, 1.82) is 0 Å². The summed E-state index contributed by atoms with van der Waals surface area (Å²) in [5.41, 5.74) is 0.589. The third kappa shape index (κ3) is 3.11. The zero-order chi connectivity index (χ0) is 14.9. The number of benzene rings is 1. The van der Waals surface area contributed by atoms with Crippen LogP contribution in [0.1, 0.15) is 5.56 Å². The van der Waals surface area contributed by atoms with Crippen molar-refractivity contribution >= 4 is 46.7 Å². The first-order valence-electron chi connectivity index (χ1n) is 5.82. The van der Waals surface area contributed by atoms with Crippen LogP contribution in [-0.2, 0) is 11.3 Å². The van der Waals surface area contributed by atoms with Gasteiger partial charge >= 0.3 is 6.03 Å². The molecule has 1 unspecified atom stereocenters. The standard InChI is InChI=1S/C12H12Cl3N3O2/c1-18-10(5-17-12(18)20)11(19)16-4-7-8(14)2-6(13)3-9(7)15/h2-3,10H,4-5H2,1H3,(H,16,19)(H,17,20). The van der Waals surface area contributed by atoms with Crippen LogP contribution in [0.2, 0.25) is 15.1 Å². The number of amides is 3. The largest absolute Gasteiger partial charge is 0.350 e.